The highest BCUT2D eigenvalue weighted by atomic mass is 16.7. The van der Waals surface area contributed by atoms with Gasteiger partial charge in [0, 0.05) is 25.4 Å². The number of imide groups is 1. The minimum atomic E-state index is -0.534. The van der Waals surface area contributed by atoms with Crippen LogP contribution in [0.15, 0.2) is 12.2 Å². The molecule has 0 spiro atoms. The van der Waals surface area contributed by atoms with Crippen LogP contribution in [0.5, 0.6) is 0 Å². The predicted octanol–water partition coefficient (Wildman–Crippen LogP) is 0.310. The molecule has 84 valence electrons. The first-order chi connectivity index (χ1) is 7.19. The lowest BCUT2D eigenvalue weighted by Crippen LogP contribution is -2.39. The van der Waals surface area contributed by atoms with E-state index in [1.165, 1.54) is 12.2 Å². The van der Waals surface area contributed by atoms with E-state index >= 15 is 0 Å². The first kappa shape index (κ1) is 11.9. The van der Waals surface area contributed by atoms with Crippen LogP contribution in [-0.2, 0) is 19.1 Å². The summed E-state index contributed by atoms with van der Waals surface area (Å²) in [6.07, 6.45) is 1.96. The molecule has 0 N–H and O–H groups in total. The molecule has 1 heterocycles. The van der Waals surface area contributed by atoms with E-state index < -0.39 is 6.29 Å². The summed E-state index contributed by atoms with van der Waals surface area (Å²) in [5.41, 5.74) is 0. The van der Waals surface area contributed by atoms with Gasteiger partial charge < -0.3 is 9.47 Å². The van der Waals surface area contributed by atoms with Gasteiger partial charge in [0.15, 0.2) is 6.29 Å². The first-order valence-corrected chi connectivity index (χ1v) is 4.95. The Morgan fingerprint density at radius 2 is 1.60 bits per heavy atom. The topological polar surface area (TPSA) is 55.8 Å². The minimum Gasteiger partial charge on any atom is -0.351 e. The maximum absolute atomic E-state index is 11.2. The van der Waals surface area contributed by atoms with Crippen LogP contribution >= 0.6 is 0 Å². The highest BCUT2D eigenvalue weighted by Crippen LogP contribution is 2.07. The molecule has 0 aromatic carbocycles. The van der Waals surface area contributed by atoms with Gasteiger partial charge in [-0.25, -0.2) is 0 Å². The molecule has 0 fully saturated rings. The molecule has 0 aliphatic carbocycles. The van der Waals surface area contributed by atoms with E-state index in [1.54, 1.807) is 0 Å². The first-order valence-electron chi connectivity index (χ1n) is 4.95. The van der Waals surface area contributed by atoms with Crippen molar-refractivity contribution in [2.24, 2.45) is 0 Å². The van der Waals surface area contributed by atoms with E-state index in [2.05, 4.69) is 0 Å². The van der Waals surface area contributed by atoms with Crippen molar-refractivity contribution in [2.75, 3.05) is 19.8 Å². The second kappa shape index (κ2) is 5.63. The third-order valence-electron chi connectivity index (χ3n) is 1.94. The summed E-state index contributed by atoms with van der Waals surface area (Å²) in [7, 11) is 0. The zero-order valence-corrected chi connectivity index (χ0v) is 8.93. The molecule has 1 aliphatic rings. The van der Waals surface area contributed by atoms with Gasteiger partial charge in [0.2, 0.25) is 0 Å². The van der Waals surface area contributed by atoms with Gasteiger partial charge in [0.25, 0.3) is 11.8 Å². The van der Waals surface area contributed by atoms with E-state index in [9.17, 15) is 9.59 Å². The lowest BCUT2D eigenvalue weighted by atomic mass is 10.5. The molecule has 2 amide bonds. The van der Waals surface area contributed by atoms with Gasteiger partial charge in [0.1, 0.15) is 0 Å². The third kappa shape index (κ3) is 3.14. The average molecular weight is 213 g/mol. The molecule has 0 atom stereocenters. The highest BCUT2D eigenvalue weighted by molar-refractivity contribution is 6.12. The minimum absolute atomic E-state index is 0.145. The molecule has 0 aromatic rings. The summed E-state index contributed by atoms with van der Waals surface area (Å²) in [5, 5.41) is 0. The largest absolute Gasteiger partial charge is 0.351 e. The molecule has 0 unspecified atom stereocenters. The van der Waals surface area contributed by atoms with E-state index in [0.29, 0.717) is 13.2 Å². The second-order valence-electron chi connectivity index (χ2n) is 2.96. The molecule has 5 heteroatoms. The fourth-order valence-electron chi connectivity index (χ4n) is 1.29. The Morgan fingerprint density at radius 3 is 2.00 bits per heavy atom. The number of rotatable bonds is 6. The zero-order chi connectivity index (χ0) is 11.3. The highest BCUT2D eigenvalue weighted by Gasteiger charge is 2.26. The Morgan fingerprint density at radius 1 is 1.13 bits per heavy atom. The van der Waals surface area contributed by atoms with E-state index in [0.717, 1.165) is 4.90 Å². The van der Waals surface area contributed by atoms with Crippen LogP contribution in [0.3, 0.4) is 0 Å². The summed E-state index contributed by atoms with van der Waals surface area (Å²) in [5.74, 6) is -0.631. The maximum atomic E-state index is 11.2. The summed E-state index contributed by atoms with van der Waals surface area (Å²) < 4.78 is 10.5. The van der Waals surface area contributed by atoms with Crippen LogP contribution in [0.1, 0.15) is 13.8 Å². The number of hydrogen-bond donors (Lipinski definition) is 0. The Bertz CT molecular complexity index is 251. The van der Waals surface area contributed by atoms with Crippen molar-refractivity contribution in [1.82, 2.24) is 4.90 Å². The SMILES string of the molecule is CCOC(CN1C(=O)C=CC1=O)OCC. The summed E-state index contributed by atoms with van der Waals surface area (Å²) in [6, 6.07) is 0. The number of carbonyl (C=O) groups is 2. The van der Waals surface area contributed by atoms with E-state index in [1.807, 2.05) is 13.8 Å². The van der Waals surface area contributed by atoms with Gasteiger partial charge >= 0.3 is 0 Å². The lowest BCUT2D eigenvalue weighted by Gasteiger charge is -2.21. The van der Waals surface area contributed by atoms with Gasteiger partial charge in [-0.15, -0.1) is 0 Å². The van der Waals surface area contributed by atoms with Gasteiger partial charge in [-0.05, 0) is 13.8 Å². The molecular weight excluding hydrogens is 198 g/mol. The molecule has 0 aromatic heterocycles. The molecule has 5 nitrogen and oxygen atoms in total. The van der Waals surface area contributed by atoms with Crippen LogP contribution in [0, 0.1) is 0 Å². The molecule has 0 radical (unpaired) electrons. The molecule has 1 rings (SSSR count). The standard InChI is InChI=1S/C10H15NO4/c1-3-14-10(15-4-2)7-11-8(12)5-6-9(11)13/h5-6,10H,3-4,7H2,1-2H3. The van der Waals surface area contributed by atoms with Gasteiger partial charge in [-0.2, -0.15) is 0 Å². The molecule has 0 bridgehead atoms. The third-order valence-corrected chi connectivity index (χ3v) is 1.94. The molecule has 0 saturated carbocycles. The number of nitrogens with zero attached hydrogens (tertiary/aromatic N) is 1. The average Bonchev–Trinajstić information content (AvgIpc) is 2.50. The van der Waals surface area contributed by atoms with Crippen molar-refractivity contribution in [1.29, 1.82) is 0 Å². The number of hydrogen-bond acceptors (Lipinski definition) is 4. The Hall–Kier alpha value is -1.20. The normalized spacial score (nSPS) is 15.8. The van der Waals surface area contributed by atoms with Gasteiger partial charge in [-0.3, -0.25) is 14.5 Å². The fraction of sp³-hybridized carbons (Fsp3) is 0.600. The summed E-state index contributed by atoms with van der Waals surface area (Å²) >= 11 is 0. The van der Waals surface area contributed by atoms with Crippen LogP contribution in [0.4, 0.5) is 0 Å². The molecule has 15 heavy (non-hydrogen) atoms. The summed E-state index contributed by atoms with van der Waals surface area (Å²) in [4.78, 5) is 23.6. The molecule has 1 aliphatic heterocycles. The maximum Gasteiger partial charge on any atom is 0.253 e. The van der Waals surface area contributed by atoms with Crippen molar-refractivity contribution in [3.63, 3.8) is 0 Å². The second-order valence-corrected chi connectivity index (χ2v) is 2.96. The smallest absolute Gasteiger partial charge is 0.253 e. The van der Waals surface area contributed by atoms with Crippen molar-refractivity contribution >= 4 is 11.8 Å². The fourth-order valence-corrected chi connectivity index (χ4v) is 1.29. The van der Waals surface area contributed by atoms with Crippen molar-refractivity contribution in [2.45, 2.75) is 20.1 Å². The van der Waals surface area contributed by atoms with Crippen LogP contribution in [0.2, 0.25) is 0 Å². The van der Waals surface area contributed by atoms with Crippen LogP contribution in [0.25, 0.3) is 0 Å². The summed E-state index contributed by atoms with van der Waals surface area (Å²) in [6.45, 7) is 4.77. The quantitative estimate of drug-likeness (QED) is 0.470. The van der Waals surface area contributed by atoms with Crippen LogP contribution < -0.4 is 0 Å². The van der Waals surface area contributed by atoms with Gasteiger partial charge in [-0.1, -0.05) is 0 Å². The van der Waals surface area contributed by atoms with E-state index in [-0.39, 0.29) is 18.4 Å². The van der Waals surface area contributed by atoms with Crippen molar-refractivity contribution in [3.05, 3.63) is 12.2 Å². The number of ether oxygens (including phenoxy) is 2. The van der Waals surface area contributed by atoms with Crippen LogP contribution in [-0.4, -0.2) is 42.8 Å². The van der Waals surface area contributed by atoms with Crippen molar-refractivity contribution < 1.29 is 19.1 Å². The van der Waals surface area contributed by atoms with Gasteiger partial charge in [0.05, 0.1) is 6.54 Å². The number of carbonyl (C=O) groups excluding carboxylic acids is 2. The Balaban J connectivity index is 2.50. The van der Waals surface area contributed by atoms with E-state index in [4.69, 9.17) is 9.47 Å². The Labute approximate surface area is 88.6 Å². The predicted molar refractivity (Wildman–Crippen MR) is 52.9 cm³/mol. The molecular formula is C10H15NO4. The monoisotopic (exact) mass is 213 g/mol. The molecule has 0 saturated heterocycles. The zero-order valence-electron chi connectivity index (χ0n) is 8.93. The Kier molecular flexibility index (Phi) is 4.45. The van der Waals surface area contributed by atoms with Crippen molar-refractivity contribution in [3.8, 4) is 0 Å². The number of amides is 2. The lowest BCUT2D eigenvalue weighted by molar-refractivity contribution is -0.161.